The van der Waals surface area contributed by atoms with Crippen LogP contribution in [0.2, 0.25) is 0 Å². The van der Waals surface area contributed by atoms with Crippen molar-refractivity contribution in [1.82, 2.24) is 10.2 Å². The molecule has 2 rings (SSSR count). The standard InChI is InChI=1S/C17H28N2O3/c1-11(10-15(20)16-6-5-9-22-16)18-17(21)14(4)19-12(2)7-8-13(19)3/h5-6,9,11-15,20H,7-8,10H2,1-4H3,(H,18,21)/t11-,12+,13+,14+,15+/m1/s1. The Kier molecular flexibility index (Phi) is 5.64. The van der Waals surface area contributed by atoms with Gasteiger partial charge in [-0.1, -0.05) is 0 Å². The van der Waals surface area contributed by atoms with Crippen LogP contribution in [0.4, 0.5) is 0 Å². The van der Waals surface area contributed by atoms with E-state index in [0.717, 1.165) is 12.8 Å². The van der Waals surface area contributed by atoms with E-state index >= 15 is 0 Å². The van der Waals surface area contributed by atoms with E-state index in [-0.39, 0.29) is 18.0 Å². The normalized spacial score (nSPS) is 26.6. The molecule has 0 spiro atoms. The third kappa shape index (κ3) is 3.90. The molecule has 1 aromatic rings. The van der Waals surface area contributed by atoms with Gasteiger partial charge < -0.3 is 14.8 Å². The monoisotopic (exact) mass is 308 g/mol. The number of aliphatic hydroxyl groups excluding tert-OH is 1. The third-order valence-electron chi connectivity index (χ3n) is 4.68. The van der Waals surface area contributed by atoms with Crippen molar-refractivity contribution in [3.63, 3.8) is 0 Å². The summed E-state index contributed by atoms with van der Waals surface area (Å²) in [5, 5.41) is 13.1. The SMILES string of the molecule is C[C@H](C[C@H](O)c1ccco1)NC(=O)[C@H](C)N1[C@@H](C)CC[C@@H]1C. The molecule has 124 valence electrons. The molecule has 1 aliphatic heterocycles. The van der Waals surface area contributed by atoms with E-state index in [1.54, 1.807) is 18.4 Å². The molecular weight excluding hydrogens is 280 g/mol. The molecule has 5 heteroatoms. The highest BCUT2D eigenvalue weighted by atomic mass is 16.4. The lowest BCUT2D eigenvalue weighted by Crippen LogP contribution is -2.51. The number of nitrogens with zero attached hydrogens (tertiary/aromatic N) is 1. The summed E-state index contributed by atoms with van der Waals surface area (Å²) in [5.41, 5.74) is 0. The number of nitrogens with one attached hydrogen (secondary N) is 1. The predicted molar refractivity (Wildman–Crippen MR) is 85.3 cm³/mol. The van der Waals surface area contributed by atoms with Gasteiger partial charge in [0.25, 0.3) is 0 Å². The van der Waals surface area contributed by atoms with Crippen molar-refractivity contribution >= 4 is 5.91 Å². The lowest BCUT2D eigenvalue weighted by molar-refractivity contribution is -0.127. The number of hydrogen-bond donors (Lipinski definition) is 2. The number of hydrogen-bond acceptors (Lipinski definition) is 4. The number of furan rings is 1. The highest BCUT2D eigenvalue weighted by Crippen LogP contribution is 2.26. The summed E-state index contributed by atoms with van der Waals surface area (Å²) in [6.45, 7) is 8.23. The molecule has 0 aromatic carbocycles. The highest BCUT2D eigenvalue weighted by molar-refractivity contribution is 5.81. The first kappa shape index (κ1) is 17.0. The van der Waals surface area contributed by atoms with Crippen LogP contribution in [0.15, 0.2) is 22.8 Å². The van der Waals surface area contributed by atoms with Gasteiger partial charge in [0.1, 0.15) is 11.9 Å². The maximum absolute atomic E-state index is 12.4. The molecule has 5 nitrogen and oxygen atoms in total. The summed E-state index contributed by atoms with van der Waals surface area (Å²) in [6.07, 6.45) is 3.58. The number of amides is 1. The van der Waals surface area contributed by atoms with E-state index < -0.39 is 6.10 Å². The molecule has 1 saturated heterocycles. The van der Waals surface area contributed by atoms with Crippen LogP contribution in [0.1, 0.15) is 58.8 Å². The Balaban J connectivity index is 1.85. The van der Waals surface area contributed by atoms with Crippen molar-refractivity contribution in [3.05, 3.63) is 24.2 Å². The van der Waals surface area contributed by atoms with E-state index in [1.807, 2.05) is 13.8 Å². The van der Waals surface area contributed by atoms with Gasteiger partial charge in [-0.3, -0.25) is 9.69 Å². The highest BCUT2D eigenvalue weighted by Gasteiger charge is 2.34. The summed E-state index contributed by atoms with van der Waals surface area (Å²) < 4.78 is 5.19. The first-order valence-corrected chi connectivity index (χ1v) is 8.19. The molecule has 5 atom stereocenters. The fraction of sp³-hybridized carbons (Fsp3) is 0.706. The second kappa shape index (κ2) is 7.29. The van der Waals surface area contributed by atoms with Crippen LogP contribution in [0.3, 0.4) is 0 Å². The van der Waals surface area contributed by atoms with Gasteiger partial charge in [-0.2, -0.15) is 0 Å². The van der Waals surface area contributed by atoms with Crippen molar-refractivity contribution in [2.75, 3.05) is 0 Å². The Morgan fingerprint density at radius 2 is 2.05 bits per heavy atom. The quantitative estimate of drug-likeness (QED) is 0.847. The van der Waals surface area contributed by atoms with E-state index in [1.165, 1.54) is 0 Å². The summed E-state index contributed by atoms with van der Waals surface area (Å²) in [7, 11) is 0. The summed E-state index contributed by atoms with van der Waals surface area (Å²) in [5.74, 6) is 0.565. The van der Waals surface area contributed by atoms with E-state index in [2.05, 4.69) is 24.1 Å². The first-order chi connectivity index (χ1) is 10.4. The van der Waals surface area contributed by atoms with Crippen LogP contribution in [0.25, 0.3) is 0 Å². The second-order valence-electron chi connectivity index (χ2n) is 6.58. The van der Waals surface area contributed by atoms with Crippen LogP contribution in [-0.4, -0.2) is 40.1 Å². The minimum Gasteiger partial charge on any atom is -0.467 e. The fourth-order valence-corrected chi connectivity index (χ4v) is 3.47. The van der Waals surface area contributed by atoms with Crippen LogP contribution in [-0.2, 0) is 4.79 Å². The Morgan fingerprint density at radius 1 is 1.41 bits per heavy atom. The molecule has 22 heavy (non-hydrogen) atoms. The molecule has 1 fully saturated rings. The Morgan fingerprint density at radius 3 is 2.59 bits per heavy atom. The zero-order valence-electron chi connectivity index (χ0n) is 14.0. The van der Waals surface area contributed by atoms with E-state index in [4.69, 9.17) is 4.42 Å². The first-order valence-electron chi connectivity index (χ1n) is 8.19. The van der Waals surface area contributed by atoms with Crippen LogP contribution >= 0.6 is 0 Å². The van der Waals surface area contributed by atoms with Gasteiger partial charge in [0.05, 0.1) is 12.3 Å². The predicted octanol–water partition coefficient (Wildman–Crippen LogP) is 2.47. The average Bonchev–Trinajstić information content (AvgIpc) is 3.08. The van der Waals surface area contributed by atoms with Gasteiger partial charge >= 0.3 is 0 Å². The van der Waals surface area contributed by atoms with Gasteiger partial charge in [-0.25, -0.2) is 0 Å². The molecular formula is C17H28N2O3. The molecule has 1 aliphatic rings. The molecule has 0 bridgehead atoms. The topological polar surface area (TPSA) is 65.7 Å². The number of rotatable bonds is 6. The summed E-state index contributed by atoms with van der Waals surface area (Å²) in [4.78, 5) is 14.7. The van der Waals surface area contributed by atoms with Crippen LogP contribution in [0.5, 0.6) is 0 Å². The molecule has 0 radical (unpaired) electrons. The average molecular weight is 308 g/mol. The maximum Gasteiger partial charge on any atom is 0.237 e. The Labute approximate surface area is 132 Å². The van der Waals surface area contributed by atoms with Gasteiger partial charge in [-0.15, -0.1) is 0 Å². The van der Waals surface area contributed by atoms with Gasteiger partial charge in [0, 0.05) is 24.5 Å². The molecule has 2 N–H and O–H groups in total. The van der Waals surface area contributed by atoms with Crippen molar-refractivity contribution in [2.24, 2.45) is 0 Å². The molecule has 2 heterocycles. The lowest BCUT2D eigenvalue weighted by atomic mass is 10.1. The summed E-state index contributed by atoms with van der Waals surface area (Å²) >= 11 is 0. The van der Waals surface area contributed by atoms with Gasteiger partial charge in [0.2, 0.25) is 5.91 Å². The third-order valence-corrected chi connectivity index (χ3v) is 4.68. The molecule has 0 unspecified atom stereocenters. The molecule has 0 aliphatic carbocycles. The van der Waals surface area contributed by atoms with E-state index in [9.17, 15) is 9.90 Å². The molecule has 1 amide bonds. The smallest absolute Gasteiger partial charge is 0.237 e. The van der Waals surface area contributed by atoms with E-state index in [0.29, 0.717) is 24.3 Å². The van der Waals surface area contributed by atoms with Crippen molar-refractivity contribution in [3.8, 4) is 0 Å². The van der Waals surface area contributed by atoms with Gasteiger partial charge in [-0.05, 0) is 52.7 Å². The zero-order valence-corrected chi connectivity index (χ0v) is 14.0. The minimum absolute atomic E-state index is 0.0275. The second-order valence-corrected chi connectivity index (χ2v) is 6.58. The molecule has 1 aromatic heterocycles. The van der Waals surface area contributed by atoms with Gasteiger partial charge in [0.15, 0.2) is 0 Å². The molecule has 0 saturated carbocycles. The maximum atomic E-state index is 12.4. The largest absolute Gasteiger partial charge is 0.467 e. The lowest BCUT2D eigenvalue weighted by Gasteiger charge is -2.32. The number of carbonyl (C=O) groups is 1. The Hall–Kier alpha value is -1.33. The van der Waals surface area contributed by atoms with Crippen molar-refractivity contribution in [1.29, 1.82) is 0 Å². The number of aliphatic hydroxyl groups is 1. The van der Waals surface area contributed by atoms with Crippen LogP contribution in [0, 0.1) is 0 Å². The van der Waals surface area contributed by atoms with Crippen LogP contribution < -0.4 is 5.32 Å². The zero-order chi connectivity index (χ0) is 16.3. The fourth-order valence-electron chi connectivity index (χ4n) is 3.47. The number of likely N-dealkylation sites (tertiary alicyclic amines) is 1. The Bertz CT molecular complexity index is 464. The summed E-state index contributed by atoms with van der Waals surface area (Å²) in [6, 6.07) is 4.13. The van der Waals surface area contributed by atoms with Crippen molar-refractivity contribution < 1.29 is 14.3 Å². The minimum atomic E-state index is -0.690. The van der Waals surface area contributed by atoms with Crippen molar-refractivity contribution in [2.45, 2.75) is 77.2 Å². The number of carbonyl (C=O) groups excluding carboxylic acids is 1.